The van der Waals surface area contributed by atoms with E-state index in [1.165, 1.54) is 19.3 Å². The molecule has 0 unspecified atom stereocenters. The number of hydrogen-bond acceptors (Lipinski definition) is 5. The molecule has 1 aliphatic rings. The molecule has 6 nitrogen and oxygen atoms in total. The number of carbonyl (C=O) groups is 1. The third kappa shape index (κ3) is 4.28. The predicted molar refractivity (Wildman–Crippen MR) is 115 cm³/mol. The van der Waals surface area contributed by atoms with Crippen LogP contribution < -0.4 is 0 Å². The minimum atomic E-state index is -0.314. The van der Waals surface area contributed by atoms with Crippen LogP contribution in [0.5, 0.6) is 0 Å². The van der Waals surface area contributed by atoms with Gasteiger partial charge in [0.05, 0.1) is 23.2 Å². The van der Waals surface area contributed by atoms with Crippen LogP contribution in [0.2, 0.25) is 0 Å². The van der Waals surface area contributed by atoms with Crippen LogP contribution in [0.3, 0.4) is 0 Å². The van der Waals surface area contributed by atoms with Crippen molar-refractivity contribution in [2.24, 2.45) is 0 Å². The van der Waals surface area contributed by atoms with Gasteiger partial charge in [0.25, 0.3) is 0 Å². The molecule has 0 bridgehead atoms. The van der Waals surface area contributed by atoms with E-state index in [0.717, 1.165) is 46.3 Å². The van der Waals surface area contributed by atoms with Gasteiger partial charge in [0.15, 0.2) is 0 Å². The molecule has 0 spiro atoms. The summed E-state index contributed by atoms with van der Waals surface area (Å²) in [6.07, 6.45) is 10.4. The predicted octanol–water partition coefficient (Wildman–Crippen LogP) is 5.13. The average Bonchev–Trinajstić information content (AvgIpc) is 3.18. The maximum atomic E-state index is 12.2. The van der Waals surface area contributed by atoms with Crippen LogP contribution in [0.1, 0.15) is 55.4 Å². The molecule has 1 fully saturated rings. The van der Waals surface area contributed by atoms with Gasteiger partial charge >= 0.3 is 5.97 Å². The molecule has 1 saturated carbocycles. The van der Waals surface area contributed by atoms with E-state index in [0.29, 0.717) is 18.2 Å². The Balaban J connectivity index is 0.00000231. The Kier molecular flexibility index (Phi) is 6.78. The summed E-state index contributed by atoms with van der Waals surface area (Å²) in [5.41, 5.74) is 5.03. The molecule has 155 valence electrons. The van der Waals surface area contributed by atoms with E-state index in [1.54, 1.807) is 6.20 Å². The summed E-state index contributed by atoms with van der Waals surface area (Å²) < 4.78 is 7.53. The fraction of sp³-hybridized carbons (Fsp3) is 0.333. The summed E-state index contributed by atoms with van der Waals surface area (Å²) in [4.78, 5) is 25.8. The molecule has 0 N–H and O–H groups in total. The molecule has 1 aliphatic carbocycles. The normalized spacial score (nSPS) is 14.5. The Morgan fingerprint density at radius 2 is 1.94 bits per heavy atom. The Morgan fingerprint density at radius 1 is 1.10 bits per heavy atom. The van der Waals surface area contributed by atoms with Gasteiger partial charge in [0.2, 0.25) is 0 Å². The van der Waals surface area contributed by atoms with Gasteiger partial charge in [0.1, 0.15) is 5.82 Å². The van der Waals surface area contributed by atoms with Crippen molar-refractivity contribution in [2.75, 3.05) is 6.61 Å². The third-order valence-electron chi connectivity index (χ3n) is 5.82. The van der Waals surface area contributed by atoms with E-state index in [2.05, 4.69) is 20.7 Å². The third-order valence-corrected chi connectivity index (χ3v) is 5.82. The SMILES string of the molecule is CCOC(=O)c1ccc2c(c1)nc(-c1ccc3n[c-]cnc3c1)n2C1CCCCC1.[Y]. The van der Waals surface area contributed by atoms with Crippen LogP contribution >= 0.6 is 0 Å². The molecule has 2 aromatic carbocycles. The van der Waals surface area contributed by atoms with E-state index in [9.17, 15) is 4.79 Å². The van der Waals surface area contributed by atoms with Crippen molar-refractivity contribution in [3.63, 3.8) is 0 Å². The summed E-state index contributed by atoms with van der Waals surface area (Å²) in [6, 6.07) is 12.1. The van der Waals surface area contributed by atoms with Gasteiger partial charge in [-0.3, -0.25) is 4.98 Å². The zero-order valence-electron chi connectivity index (χ0n) is 17.5. The van der Waals surface area contributed by atoms with Crippen molar-refractivity contribution >= 4 is 28.0 Å². The molecule has 4 aromatic rings. The summed E-state index contributed by atoms with van der Waals surface area (Å²) in [5, 5.41) is 0. The summed E-state index contributed by atoms with van der Waals surface area (Å²) in [6.45, 7) is 2.17. The van der Waals surface area contributed by atoms with Crippen molar-refractivity contribution in [2.45, 2.75) is 45.1 Å². The van der Waals surface area contributed by atoms with Crippen molar-refractivity contribution in [1.82, 2.24) is 19.5 Å². The number of aromatic nitrogens is 4. The molecule has 0 aliphatic heterocycles. The number of benzene rings is 2. The van der Waals surface area contributed by atoms with Gasteiger partial charge in [-0.05, 0) is 50.2 Å². The van der Waals surface area contributed by atoms with Crippen LogP contribution in [0.25, 0.3) is 33.5 Å². The fourth-order valence-corrected chi connectivity index (χ4v) is 4.41. The number of carbonyl (C=O) groups excluding carboxylic acids is 1. The van der Waals surface area contributed by atoms with E-state index < -0.39 is 0 Å². The Hall–Kier alpha value is -2.18. The minimum absolute atomic E-state index is 0. The number of nitrogens with zero attached hydrogens (tertiary/aromatic N) is 4. The van der Waals surface area contributed by atoms with Crippen molar-refractivity contribution in [3.05, 3.63) is 54.4 Å². The molecule has 0 amide bonds. The van der Waals surface area contributed by atoms with Crippen LogP contribution in [-0.4, -0.2) is 32.1 Å². The second kappa shape index (κ2) is 9.53. The first-order valence-corrected chi connectivity index (χ1v) is 10.6. The van der Waals surface area contributed by atoms with Crippen LogP contribution in [0.15, 0.2) is 42.6 Å². The summed E-state index contributed by atoms with van der Waals surface area (Å²) in [5.74, 6) is 0.597. The number of hydrogen-bond donors (Lipinski definition) is 0. The number of rotatable bonds is 4. The van der Waals surface area contributed by atoms with Gasteiger partial charge in [-0.15, -0.1) is 12.3 Å². The maximum absolute atomic E-state index is 12.2. The van der Waals surface area contributed by atoms with Crippen LogP contribution in [0, 0.1) is 6.20 Å². The molecule has 0 saturated heterocycles. The Morgan fingerprint density at radius 3 is 2.74 bits per heavy atom. The van der Waals surface area contributed by atoms with E-state index >= 15 is 0 Å². The molecular formula is C24H23N4O2Y-. The first-order chi connectivity index (χ1) is 14.7. The standard InChI is InChI=1S/C24H23N4O2.Y/c1-2-30-24(29)17-9-11-22-21(15-17)27-23(28(22)18-6-4-3-5-7-18)16-8-10-19-20(14-16)26-13-12-25-19;/h8-11,13-15,18H,2-7H2,1H3;/q-1;. The van der Waals surface area contributed by atoms with Crippen molar-refractivity contribution < 1.29 is 42.2 Å². The zero-order chi connectivity index (χ0) is 20.5. The monoisotopic (exact) mass is 488 g/mol. The molecule has 7 heteroatoms. The Bertz CT molecular complexity index is 1230. The zero-order valence-corrected chi connectivity index (χ0v) is 20.4. The molecule has 2 aromatic heterocycles. The molecule has 2 heterocycles. The summed E-state index contributed by atoms with van der Waals surface area (Å²) in [7, 11) is 0. The molecule has 0 atom stereocenters. The smallest absolute Gasteiger partial charge is 0.338 e. The fourth-order valence-electron chi connectivity index (χ4n) is 4.41. The molecular weight excluding hydrogens is 465 g/mol. The topological polar surface area (TPSA) is 69.9 Å². The number of ether oxygens (including phenoxy) is 1. The second-order valence-electron chi connectivity index (χ2n) is 7.72. The largest absolute Gasteiger partial charge is 0.462 e. The minimum Gasteiger partial charge on any atom is -0.462 e. The van der Waals surface area contributed by atoms with Crippen molar-refractivity contribution in [1.29, 1.82) is 0 Å². The van der Waals surface area contributed by atoms with E-state index in [-0.39, 0.29) is 38.7 Å². The van der Waals surface area contributed by atoms with Gasteiger partial charge in [0, 0.05) is 49.8 Å². The van der Waals surface area contributed by atoms with Gasteiger partial charge < -0.3 is 14.3 Å². The quantitative estimate of drug-likeness (QED) is 0.295. The number of esters is 1. The van der Waals surface area contributed by atoms with Crippen LogP contribution in [0.4, 0.5) is 0 Å². The summed E-state index contributed by atoms with van der Waals surface area (Å²) >= 11 is 0. The average molecular weight is 488 g/mol. The Labute approximate surface area is 206 Å². The molecule has 31 heavy (non-hydrogen) atoms. The molecule has 5 rings (SSSR count). The second-order valence-corrected chi connectivity index (χ2v) is 7.72. The van der Waals surface area contributed by atoms with E-state index in [4.69, 9.17) is 9.72 Å². The van der Waals surface area contributed by atoms with E-state index in [1.807, 2.05) is 43.3 Å². The van der Waals surface area contributed by atoms with Crippen molar-refractivity contribution in [3.8, 4) is 11.4 Å². The first-order valence-electron chi connectivity index (χ1n) is 10.6. The first kappa shape index (κ1) is 22.0. The maximum Gasteiger partial charge on any atom is 0.338 e. The number of fused-ring (bicyclic) bond motifs is 2. The van der Waals surface area contributed by atoms with Gasteiger partial charge in [-0.1, -0.05) is 30.8 Å². The molecule has 1 radical (unpaired) electrons. The van der Waals surface area contributed by atoms with Gasteiger partial charge in [-0.2, -0.15) is 0 Å². The number of imidazole rings is 1. The van der Waals surface area contributed by atoms with Gasteiger partial charge in [-0.25, -0.2) is 9.78 Å². The van der Waals surface area contributed by atoms with Crippen LogP contribution in [-0.2, 0) is 37.4 Å².